The molecule has 1 aromatic carbocycles. The highest BCUT2D eigenvalue weighted by atomic mass is 35.5. The van der Waals surface area contributed by atoms with Crippen LogP contribution in [-0.2, 0) is 0 Å². The van der Waals surface area contributed by atoms with Crippen molar-refractivity contribution in [2.75, 3.05) is 13.1 Å². The average molecular weight is 280 g/mol. The zero-order valence-corrected chi connectivity index (χ0v) is 11.5. The fourth-order valence-electron chi connectivity index (χ4n) is 2.04. The van der Waals surface area contributed by atoms with Crippen molar-refractivity contribution in [3.8, 4) is 0 Å². The average Bonchev–Trinajstić information content (AvgIpc) is 2.41. The standard InChI is InChI=1S/C13H18ClN5/c14-10-4-6-11(7-5-10)17-13(18-12(15)16)19-8-2-1-3-9-19/h4-7H,1-3,8-9H2,(H4,15,16,17,18). The summed E-state index contributed by atoms with van der Waals surface area (Å²) in [5.41, 5.74) is 6.21. The van der Waals surface area contributed by atoms with Gasteiger partial charge in [-0.25, -0.2) is 4.99 Å². The van der Waals surface area contributed by atoms with Crippen molar-refractivity contribution in [3.63, 3.8) is 0 Å². The van der Waals surface area contributed by atoms with Crippen LogP contribution in [0, 0.1) is 5.41 Å². The smallest absolute Gasteiger partial charge is 0.206 e. The van der Waals surface area contributed by atoms with E-state index in [9.17, 15) is 0 Å². The van der Waals surface area contributed by atoms with Crippen molar-refractivity contribution in [1.29, 1.82) is 5.41 Å². The summed E-state index contributed by atoms with van der Waals surface area (Å²) >= 11 is 5.85. The SMILES string of the molecule is N=C(N)N/C(=N/c1ccc(Cl)cc1)N1CCCCC1. The normalized spacial score (nSPS) is 16.3. The topological polar surface area (TPSA) is 77.5 Å². The molecule has 1 saturated heterocycles. The second-order valence-electron chi connectivity index (χ2n) is 4.50. The molecule has 0 bridgehead atoms. The number of benzene rings is 1. The Hall–Kier alpha value is -1.75. The van der Waals surface area contributed by atoms with Gasteiger partial charge in [-0.1, -0.05) is 11.6 Å². The van der Waals surface area contributed by atoms with E-state index in [0.29, 0.717) is 11.0 Å². The lowest BCUT2D eigenvalue weighted by Gasteiger charge is -2.29. The molecule has 19 heavy (non-hydrogen) atoms. The molecule has 0 aliphatic carbocycles. The summed E-state index contributed by atoms with van der Waals surface area (Å²) < 4.78 is 0. The quantitative estimate of drug-likeness (QED) is 0.545. The van der Waals surface area contributed by atoms with Crippen LogP contribution < -0.4 is 11.1 Å². The first kappa shape index (κ1) is 13.7. The maximum absolute atomic E-state index is 7.38. The summed E-state index contributed by atoms with van der Waals surface area (Å²) in [6, 6.07) is 7.27. The number of hydrogen-bond acceptors (Lipinski definition) is 2. The number of piperidine rings is 1. The number of nitrogens with zero attached hydrogens (tertiary/aromatic N) is 2. The number of aliphatic imine (C=N–C) groups is 1. The molecule has 0 saturated carbocycles. The summed E-state index contributed by atoms with van der Waals surface area (Å²) in [5.74, 6) is 0.535. The predicted molar refractivity (Wildman–Crippen MR) is 79.0 cm³/mol. The minimum absolute atomic E-state index is 0.0988. The zero-order chi connectivity index (χ0) is 13.7. The van der Waals surface area contributed by atoms with E-state index >= 15 is 0 Å². The Morgan fingerprint density at radius 3 is 2.42 bits per heavy atom. The van der Waals surface area contributed by atoms with Crippen LogP contribution in [0.1, 0.15) is 19.3 Å². The summed E-state index contributed by atoms with van der Waals surface area (Å²) in [5, 5.41) is 10.9. The lowest BCUT2D eigenvalue weighted by molar-refractivity contribution is 0.336. The number of hydrogen-bond donors (Lipinski definition) is 3. The van der Waals surface area contributed by atoms with Gasteiger partial charge in [-0.3, -0.25) is 10.7 Å². The molecule has 1 aliphatic rings. The molecule has 1 aromatic rings. The number of nitrogens with two attached hydrogens (primary N) is 1. The van der Waals surface area contributed by atoms with E-state index in [1.54, 1.807) is 12.1 Å². The van der Waals surface area contributed by atoms with Crippen LogP contribution in [0.4, 0.5) is 5.69 Å². The molecule has 0 radical (unpaired) electrons. The monoisotopic (exact) mass is 279 g/mol. The molecule has 0 aromatic heterocycles. The molecule has 6 heteroatoms. The highest BCUT2D eigenvalue weighted by Gasteiger charge is 2.15. The van der Waals surface area contributed by atoms with Crippen molar-refractivity contribution in [1.82, 2.24) is 10.2 Å². The minimum Gasteiger partial charge on any atom is -0.370 e. The highest BCUT2D eigenvalue weighted by molar-refractivity contribution is 6.30. The van der Waals surface area contributed by atoms with Crippen molar-refractivity contribution in [2.24, 2.45) is 10.7 Å². The molecular formula is C13H18ClN5. The third-order valence-corrected chi connectivity index (χ3v) is 3.22. The zero-order valence-electron chi connectivity index (χ0n) is 10.7. The van der Waals surface area contributed by atoms with Crippen LogP contribution in [-0.4, -0.2) is 29.9 Å². The molecule has 4 N–H and O–H groups in total. The number of rotatable bonds is 1. The highest BCUT2D eigenvalue weighted by Crippen LogP contribution is 2.17. The van der Waals surface area contributed by atoms with Gasteiger partial charge in [-0.15, -0.1) is 0 Å². The van der Waals surface area contributed by atoms with E-state index in [1.165, 1.54) is 6.42 Å². The predicted octanol–water partition coefficient (Wildman–Crippen LogP) is 2.30. The summed E-state index contributed by atoms with van der Waals surface area (Å²) in [6.07, 6.45) is 3.52. The van der Waals surface area contributed by atoms with Gasteiger partial charge in [0.05, 0.1) is 5.69 Å². The Labute approximate surface area is 118 Å². The lowest BCUT2D eigenvalue weighted by atomic mass is 10.1. The van der Waals surface area contributed by atoms with Crippen molar-refractivity contribution < 1.29 is 0 Å². The third kappa shape index (κ3) is 4.13. The molecular weight excluding hydrogens is 262 g/mol. The summed E-state index contributed by atoms with van der Waals surface area (Å²) in [4.78, 5) is 6.64. The second-order valence-corrected chi connectivity index (χ2v) is 4.93. The van der Waals surface area contributed by atoms with Crippen LogP contribution >= 0.6 is 11.6 Å². The maximum Gasteiger partial charge on any atom is 0.206 e. The Balaban J connectivity index is 2.20. The number of nitrogens with one attached hydrogen (secondary N) is 2. The Morgan fingerprint density at radius 2 is 1.84 bits per heavy atom. The van der Waals surface area contributed by atoms with Gasteiger partial charge in [-0.05, 0) is 43.5 Å². The minimum atomic E-state index is -0.0988. The second kappa shape index (κ2) is 6.43. The van der Waals surface area contributed by atoms with E-state index in [4.69, 9.17) is 22.7 Å². The Morgan fingerprint density at radius 1 is 1.21 bits per heavy atom. The first-order chi connectivity index (χ1) is 9.15. The molecule has 1 heterocycles. The number of halogens is 1. The van der Waals surface area contributed by atoms with E-state index in [0.717, 1.165) is 31.6 Å². The Kier molecular flexibility index (Phi) is 4.63. The molecule has 102 valence electrons. The molecule has 0 atom stereocenters. The van der Waals surface area contributed by atoms with Crippen LogP contribution in [0.25, 0.3) is 0 Å². The first-order valence-electron chi connectivity index (χ1n) is 6.35. The third-order valence-electron chi connectivity index (χ3n) is 2.96. The van der Waals surface area contributed by atoms with Gasteiger partial charge in [0.1, 0.15) is 0 Å². The van der Waals surface area contributed by atoms with Gasteiger partial charge in [0.2, 0.25) is 5.96 Å². The molecule has 0 unspecified atom stereocenters. The molecule has 5 nitrogen and oxygen atoms in total. The molecule has 0 amide bonds. The van der Waals surface area contributed by atoms with E-state index < -0.39 is 0 Å². The van der Waals surface area contributed by atoms with Gasteiger partial charge in [0.15, 0.2) is 5.96 Å². The number of guanidine groups is 2. The van der Waals surface area contributed by atoms with Gasteiger partial charge in [0.25, 0.3) is 0 Å². The van der Waals surface area contributed by atoms with Crippen LogP contribution in [0.3, 0.4) is 0 Å². The van der Waals surface area contributed by atoms with Crippen LogP contribution in [0.5, 0.6) is 0 Å². The van der Waals surface area contributed by atoms with E-state index in [1.807, 2.05) is 12.1 Å². The summed E-state index contributed by atoms with van der Waals surface area (Å²) in [6.45, 7) is 1.87. The lowest BCUT2D eigenvalue weighted by Crippen LogP contribution is -2.48. The van der Waals surface area contributed by atoms with Crippen molar-refractivity contribution in [2.45, 2.75) is 19.3 Å². The van der Waals surface area contributed by atoms with Crippen LogP contribution in [0.2, 0.25) is 5.02 Å². The van der Waals surface area contributed by atoms with Crippen molar-refractivity contribution >= 4 is 29.2 Å². The van der Waals surface area contributed by atoms with Gasteiger partial charge >= 0.3 is 0 Å². The van der Waals surface area contributed by atoms with Gasteiger partial charge in [-0.2, -0.15) is 0 Å². The first-order valence-corrected chi connectivity index (χ1v) is 6.73. The molecule has 1 fully saturated rings. The molecule has 0 spiro atoms. The molecule has 2 rings (SSSR count). The summed E-state index contributed by atoms with van der Waals surface area (Å²) in [7, 11) is 0. The van der Waals surface area contributed by atoms with Crippen LogP contribution in [0.15, 0.2) is 29.3 Å². The number of likely N-dealkylation sites (tertiary alicyclic amines) is 1. The van der Waals surface area contributed by atoms with E-state index in [2.05, 4.69) is 15.2 Å². The largest absolute Gasteiger partial charge is 0.370 e. The fourth-order valence-corrected chi connectivity index (χ4v) is 2.17. The fraction of sp³-hybridized carbons (Fsp3) is 0.385. The maximum atomic E-state index is 7.38. The van der Waals surface area contributed by atoms with Crippen molar-refractivity contribution in [3.05, 3.63) is 29.3 Å². The Bertz CT molecular complexity index is 462. The van der Waals surface area contributed by atoms with Gasteiger partial charge in [0, 0.05) is 18.1 Å². The molecule has 1 aliphatic heterocycles. The van der Waals surface area contributed by atoms with Gasteiger partial charge < -0.3 is 10.6 Å². The van der Waals surface area contributed by atoms with E-state index in [-0.39, 0.29) is 5.96 Å².